The third-order valence-corrected chi connectivity index (χ3v) is 3.34. The van der Waals surface area contributed by atoms with E-state index in [1.54, 1.807) is 0 Å². The van der Waals surface area contributed by atoms with Crippen LogP contribution >= 0.6 is 10.7 Å². The zero-order valence-corrected chi connectivity index (χ0v) is 7.40. The van der Waals surface area contributed by atoms with Gasteiger partial charge in [-0.1, -0.05) is 0 Å². The van der Waals surface area contributed by atoms with E-state index in [1.807, 2.05) is 0 Å². The molecule has 1 fully saturated rings. The van der Waals surface area contributed by atoms with Gasteiger partial charge in [-0.15, -0.1) is 0 Å². The van der Waals surface area contributed by atoms with Gasteiger partial charge in [-0.2, -0.15) is 5.26 Å². The molecular formula is C6H8ClNO2S. The Kier molecular flexibility index (Phi) is 3.31. The number of ether oxygens (including phenoxy) is 1. The molecule has 1 heterocycles. The minimum atomic E-state index is -1.46. The molecule has 0 radical (unpaired) electrons. The smallest absolute Gasteiger partial charge is 0.121 e. The molecule has 3 unspecified atom stereocenters. The highest BCUT2D eigenvalue weighted by molar-refractivity contribution is 8.08. The van der Waals surface area contributed by atoms with Crippen LogP contribution in [0, 0.1) is 17.2 Å². The summed E-state index contributed by atoms with van der Waals surface area (Å²) >= 11 is 0. The number of halogens is 1. The summed E-state index contributed by atoms with van der Waals surface area (Å²) in [6, 6.07) is 2.08. The van der Waals surface area contributed by atoms with E-state index < -0.39 is 10.0 Å². The van der Waals surface area contributed by atoms with Gasteiger partial charge < -0.3 is 4.74 Å². The van der Waals surface area contributed by atoms with Crippen LogP contribution in [0.15, 0.2) is 0 Å². The van der Waals surface area contributed by atoms with Crippen molar-refractivity contribution in [3.63, 3.8) is 0 Å². The Morgan fingerprint density at radius 3 is 2.91 bits per heavy atom. The quantitative estimate of drug-likeness (QED) is 0.580. The van der Waals surface area contributed by atoms with Gasteiger partial charge in [0, 0.05) is 6.61 Å². The summed E-state index contributed by atoms with van der Waals surface area (Å²) in [5.74, 6) is -0.206. The molecular weight excluding hydrogens is 186 g/mol. The second-order valence-electron chi connectivity index (χ2n) is 2.39. The third kappa shape index (κ3) is 2.16. The zero-order chi connectivity index (χ0) is 8.27. The molecule has 0 N–H and O–H groups in total. The molecule has 1 aliphatic rings. The number of hydrogen-bond acceptors (Lipinski definition) is 3. The number of nitriles is 1. The van der Waals surface area contributed by atoms with Crippen molar-refractivity contribution < 1.29 is 8.95 Å². The van der Waals surface area contributed by atoms with Gasteiger partial charge in [0.25, 0.3) is 0 Å². The SMILES string of the molecule is N#CC1CCOCC1S(=O)Cl. The fourth-order valence-corrected chi connectivity index (χ4v) is 2.23. The number of nitrogens with zero attached hydrogens (tertiary/aromatic N) is 1. The van der Waals surface area contributed by atoms with Crippen molar-refractivity contribution in [1.82, 2.24) is 0 Å². The largest absolute Gasteiger partial charge is 0.380 e. The molecule has 0 aromatic rings. The van der Waals surface area contributed by atoms with Gasteiger partial charge in [0.2, 0.25) is 0 Å². The first-order valence-electron chi connectivity index (χ1n) is 3.30. The number of hydrogen-bond donors (Lipinski definition) is 0. The maximum Gasteiger partial charge on any atom is 0.121 e. The predicted octanol–water partition coefficient (Wildman–Crippen LogP) is 0.818. The summed E-state index contributed by atoms with van der Waals surface area (Å²) in [4.78, 5) is 0. The molecule has 3 atom stereocenters. The molecule has 1 rings (SSSR count). The van der Waals surface area contributed by atoms with Crippen LogP contribution in [0.2, 0.25) is 0 Å². The highest BCUT2D eigenvalue weighted by atomic mass is 35.7. The summed E-state index contributed by atoms with van der Waals surface area (Å²) < 4.78 is 15.9. The average Bonchev–Trinajstić information content (AvgIpc) is 2.04. The Morgan fingerprint density at radius 1 is 1.73 bits per heavy atom. The molecule has 3 nitrogen and oxygen atoms in total. The van der Waals surface area contributed by atoms with Crippen molar-refractivity contribution in [2.75, 3.05) is 13.2 Å². The molecule has 0 amide bonds. The monoisotopic (exact) mass is 193 g/mol. The van der Waals surface area contributed by atoms with E-state index in [4.69, 9.17) is 20.7 Å². The van der Waals surface area contributed by atoms with Gasteiger partial charge >= 0.3 is 0 Å². The van der Waals surface area contributed by atoms with Gasteiger partial charge in [-0.05, 0) is 17.1 Å². The minimum absolute atomic E-state index is 0.206. The maximum absolute atomic E-state index is 10.8. The first-order chi connectivity index (χ1) is 5.25. The lowest BCUT2D eigenvalue weighted by Gasteiger charge is -2.23. The first-order valence-corrected chi connectivity index (χ1v) is 5.34. The summed E-state index contributed by atoms with van der Waals surface area (Å²) in [5, 5.41) is 8.30. The van der Waals surface area contributed by atoms with E-state index in [1.165, 1.54) is 0 Å². The van der Waals surface area contributed by atoms with Crippen LogP contribution in [-0.4, -0.2) is 22.7 Å². The lowest BCUT2D eigenvalue weighted by Crippen LogP contribution is -2.33. The van der Waals surface area contributed by atoms with Crippen LogP contribution in [0.4, 0.5) is 0 Å². The van der Waals surface area contributed by atoms with Crippen LogP contribution in [0.5, 0.6) is 0 Å². The van der Waals surface area contributed by atoms with Crippen molar-refractivity contribution in [2.24, 2.45) is 5.92 Å². The summed E-state index contributed by atoms with van der Waals surface area (Å²) in [7, 11) is 3.91. The van der Waals surface area contributed by atoms with Crippen LogP contribution in [-0.2, 0) is 14.7 Å². The fraction of sp³-hybridized carbons (Fsp3) is 0.833. The van der Waals surface area contributed by atoms with Crippen molar-refractivity contribution in [2.45, 2.75) is 11.7 Å². The molecule has 5 heteroatoms. The Labute approximate surface area is 72.2 Å². The van der Waals surface area contributed by atoms with Crippen LogP contribution in [0.1, 0.15) is 6.42 Å². The third-order valence-electron chi connectivity index (χ3n) is 1.71. The molecule has 1 saturated heterocycles. The van der Waals surface area contributed by atoms with Gasteiger partial charge in [0.1, 0.15) is 10.0 Å². The maximum atomic E-state index is 10.8. The van der Waals surface area contributed by atoms with E-state index in [0.717, 1.165) is 0 Å². The fourth-order valence-electron chi connectivity index (χ4n) is 1.04. The molecule has 0 bridgehead atoms. The van der Waals surface area contributed by atoms with Gasteiger partial charge in [0.05, 0.1) is 23.8 Å². The average molecular weight is 194 g/mol. The Bertz CT molecular complexity index is 203. The van der Waals surface area contributed by atoms with Crippen LogP contribution in [0.3, 0.4) is 0 Å². The van der Waals surface area contributed by atoms with Gasteiger partial charge in [0.15, 0.2) is 0 Å². The minimum Gasteiger partial charge on any atom is -0.380 e. The first kappa shape index (κ1) is 8.98. The van der Waals surface area contributed by atoms with Gasteiger partial charge in [-0.3, -0.25) is 0 Å². The molecule has 0 aromatic carbocycles. The topological polar surface area (TPSA) is 50.1 Å². The molecule has 0 aliphatic carbocycles. The Morgan fingerprint density at radius 2 is 2.45 bits per heavy atom. The standard InChI is InChI=1S/C6H8ClNO2S/c7-11(9)6-4-10-2-1-5(6)3-8/h5-6H,1-2,4H2. The van der Waals surface area contributed by atoms with E-state index in [-0.39, 0.29) is 11.2 Å². The lowest BCUT2D eigenvalue weighted by atomic mass is 10.0. The van der Waals surface area contributed by atoms with Crippen molar-refractivity contribution >= 4 is 20.7 Å². The van der Waals surface area contributed by atoms with E-state index in [0.29, 0.717) is 19.6 Å². The van der Waals surface area contributed by atoms with Crippen LogP contribution in [0.25, 0.3) is 0 Å². The molecule has 1 aliphatic heterocycles. The normalized spacial score (nSPS) is 34.2. The van der Waals surface area contributed by atoms with Crippen LogP contribution < -0.4 is 0 Å². The summed E-state index contributed by atoms with van der Waals surface area (Å²) in [5.41, 5.74) is 0. The molecule has 0 spiro atoms. The predicted molar refractivity (Wildman–Crippen MR) is 42.3 cm³/mol. The lowest BCUT2D eigenvalue weighted by molar-refractivity contribution is 0.0846. The summed E-state index contributed by atoms with van der Waals surface area (Å²) in [6.45, 7) is 0.914. The highest BCUT2D eigenvalue weighted by Gasteiger charge is 2.29. The second kappa shape index (κ2) is 4.05. The summed E-state index contributed by atoms with van der Waals surface area (Å²) in [6.07, 6.45) is 0.639. The number of rotatable bonds is 1. The second-order valence-corrected chi connectivity index (χ2v) is 4.40. The van der Waals surface area contributed by atoms with E-state index >= 15 is 0 Å². The van der Waals surface area contributed by atoms with E-state index in [2.05, 4.69) is 6.07 Å². The Balaban J connectivity index is 2.60. The molecule has 0 aromatic heterocycles. The molecule has 0 saturated carbocycles. The van der Waals surface area contributed by atoms with Crippen molar-refractivity contribution in [3.8, 4) is 6.07 Å². The van der Waals surface area contributed by atoms with E-state index in [9.17, 15) is 4.21 Å². The van der Waals surface area contributed by atoms with Gasteiger partial charge in [-0.25, -0.2) is 4.21 Å². The molecule has 62 valence electrons. The van der Waals surface area contributed by atoms with Crippen molar-refractivity contribution in [1.29, 1.82) is 5.26 Å². The Hall–Kier alpha value is -0.110. The zero-order valence-electron chi connectivity index (χ0n) is 5.83. The highest BCUT2D eigenvalue weighted by Crippen LogP contribution is 2.20. The van der Waals surface area contributed by atoms with Crippen molar-refractivity contribution in [3.05, 3.63) is 0 Å². The molecule has 11 heavy (non-hydrogen) atoms.